The van der Waals surface area contributed by atoms with E-state index in [9.17, 15) is 4.79 Å². The Labute approximate surface area is 171 Å². The normalized spacial score (nSPS) is 15.7. The Morgan fingerprint density at radius 3 is 2.69 bits per heavy atom. The molecule has 0 spiro atoms. The first-order chi connectivity index (χ1) is 14.1. The molecule has 152 valence electrons. The number of nitrogens with one attached hydrogen (secondary N) is 1. The summed E-state index contributed by atoms with van der Waals surface area (Å²) in [5, 5.41) is 2.85. The molecule has 1 aliphatic carbocycles. The van der Waals surface area contributed by atoms with Crippen LogP contribution in [0.2, 0.25) is 0 Å². The highest BCUT2D eigenvalue weighted by atomic mass is 16.7. The smallest absolute Gasteiger partial charge is 0.248 e. The summed E-state index contributed by atoms with van der Waals surface area (Å²) in [5.74, 6) is 1.93. The zero-order valence-corrected chi connectivity index (χ0v) is 16.8. The van der Waals surface area contributed by atoms with Crippen LogP contribution >= 0.6 is 0 Å². The molecule has 6 nitrogen and oxygen atoms in total. The topological polar surface area (TPSA) is 60.0 Å². The Morgan fingerprint density at radius 2 is 1.90 bits per heavy atom. The van der Waals surface area contributed by atoms with Gasteiger partial charge in [0.25, 0.3) is 0 Å². The first kappa shape index (κ1) is 19.2. The van der Waals surface area contributed by atoms with Gasteiger partial charge in [0.2, 0.25) is 12.7 Å². The third-order valence-electron chi connectivity index (χ3n) is 5.16. The number of fused-ring (bicyclic) bond motifs is 1. The summed E-state index contributed by atoms with van der Waals surface area (Å²) in [6, 6.07) is 11.4. The second-order valence-corrected chi connectivity index (χ2v) is 7.53. The zero-order valence-electron chi connectivity index (χ0n) is 16.8. The first-order valence-electron chi connectivity index (χ1n) is 9.95. The van der Waals surface area contributed by atoms with E-state index in [1.165, 1.54) is 18.9 Å². The predicted molar refractivity (Wildman–Crippen MR) is 114 cm³/mol. The van der Waals surface area contributed by atoms with E-state index >= 15 is 0 Å². The van der Waals surface area contributed by atoms with Crippen LogP contribution in [-0.4, -0.2) is 32.9 Å². The van der Waals surface area contributed by atoms with Crippen molar-refractivity contribution in [2.45, 2.75) is 31.8 Å². The van der Waals surface area contributed by atoms with Gasteiger partial charge in [0.05, 0.1) is 6.10 Å². The lowest BCUT2D eigenvalue weighted by Crippen LogP contribution is -2.13. The number of anilines is 2. The fraction of sp³-hybridized carbons (Fsp3) is 0.348. The maximum Gasteiger partial charge on any atom is 0.248 e. The number of carbonyl (C=O) groups is 1. The van der Waals surface area contributed by atoms with Crippen molar-refractivity contribution in [3.05, 3.63) is 48.0 Å². The fourth-order valence-corrected chi connectivity index (χ4v) is 3.55. The van der Waals surface area contributed by atoms with Crippen LogP contribution in [0.5, 0.6) is 17.2 Å². The minimum atomic E-state index is -0.215. The van der Waals surface area contributed by atoms with Gasteiger partial charge >= 0.3 is 0 Å². The van der Waals surface area contributed by atoms with Crippen molar-refractivity contribution in [1.29, 1.82) is 0 Å². The van der Waals surface area contributed by atoms with Crippen molar-refractivity contribution >= 4 is 23.4 Å². The third-order valence-corrected chi connectivity index (χ3v) is 5.16. The van der Waals surface area contributed by atoms with Crippen LogP contribution in [0.3, 0.4) is 0 Å². The molecule has 2 aromatic carbocycles. The van der Waals surface area contributed by atoms with Crippen molar-refractivity contribution in [2.24, 2.45) is 0 Å². The maximum absolute atomic E-state index is 12.4. The SMILES string of the molecule is CN(C)c1ccc(/C=C/C(=O)Nc2ccc3c(c2)OCO3)c(OC2CCCC2)c1. The molecule has 29 heavy (non-hydrogen) atoms. The lowest BCUT2D eigenvalue weighted by molar-refractivity contribution is -0.111. The average molecular weight is 394 g/mol. The van der Waals surface area contributed by atoms with Crippen LogP contribution in [0.1, 0.15) is 31.2 Å². The van der Waals surface area contributed by atoms with Crippen LogP contribution in [0.25, 0.3) is 6.08 Å². The predicted octanol–water partition coefficient (Wildman–Crippen LogP) is 4.45. The van der Waals surface area contributed by atoms with E-state index < -0.39 is 0 Å². The summed E-state index contributed by atoms with van der Waals surface area (Å²) in [5.41, 5.74) is 2.62. The van der Waals surface area contributed by atoms with Gasteiger partial charge < -0.3 is 24.4 Å². The van der Waals surface area contributed by atoms with Crippen molar-refractivity contribution in [3.63, 3.8) is 0 Å². The molecule has 1 fully saturated rings. The summed E-state index contributed by atoms with van der Waals surface area (Å²) < 4.78 is 16.9. The van der Waals surface area contributed by atoms with Gasteiger partial charge in [0.15, 0.2) is 11.5 Å². The Hall–Kier alpha value is -3.15. The number of amides is 1. The number of ether oxygens (including phenoxy) is 3. The van der Waals surface area contributed by atoms with Gasteiger partial charge in [-0.25, -0.2) is 0 Å². The second-order valence-electron chi connectivity index (χ2n) is 7.53. The Morgan fingerprint density at radius 1 is 1.10 bits per heavy atom. The molecule has 0 bridgehead atoms. The quantitative estimate of drug-likeness (QED) is 0.734. The highest BCUT2D eigenvalue weighted by molar-refractivity contribution is 6.02. The molecule has 1 N–H and O–H groups in total. The van der Waals surface area contributed by atoms with E-state index in [0.717, 1.165) is 29.8 Å². The Balaban J connectivity index is 1.48. The molecule has 1 amide bonds. The summed E-state index contributed by atoms with van der Waals surface area (Å²) in [6.07, 6.45) is 8.16. The van der Waals surface area contributed by atoms with Gasteiger partial charge in [0, 0.05) is 49.2 Å². The van der Waals surface area contributed by atoms with Crippen molar-refractivity contribution < 1.29 is 19.0 Å². The minimum Gasteiger partial charge on any atom is -0.490 e. The molecule has 0 unspecified atom stereocenters. The molecule has 0 saturated heterocycles. The summed E-state index contributed by atoms with van der Waals surface area (Å²) in [6.45, 7) is 0.208. The molecule has 0 atom stereocenters. The highest BCUT2D eigenvalue weighted by Crippen LogP contribution is 2.34. The molecule has 0 aromatic heterocycles. The number of carbonyl (C=O) groups excluding carboxylic acids is 1. The molecule has 2 aromatic rings. The highest BCUT2D eigenvalue weighted by Gasteiger charge is 2.18. The van der Waals surface area contributed by atoms with E-state index in [0.29, 0.717) is 17.2 Å². The van der Waals surface area contributed by atoms with Crippen LogP contribution in [0.4, 0.5) is 11.4 Å². The van der Waals surface area contributed by atoms with Crippen molar-refractivity contribution in [1.82, 2.24) is 0 Å². The van der Waals surface area contributed by atoms with Crippen LogP contribution in [-0.2, 0) is 4.79 Å². The maximum atomic E-state index is 12.4. The fourth-order valence-electron chi connectivity index (χ4n) is 3.55. The first-order valence-corrected chi connectivity index (χ1v) is 9.95. The molecular weight excluding hydrogens is 368 g/mol. The number of nitrogens with zero attached hydrogens (tertiary/aromatic N) is 1. The van der Waals surface area contributed by atoms with Crippen molar-refractivity contribution in [3.8, 4) is 17.2 Å². The molecular formula is C23H26N2O4. The molecule has 1 heterocycles. The summed E-state index contributed by atoms with van der Waals surface area (Å²) >= 11 is 0. The van der Waals surface area contributed by atoms with E-state index in [4.69, 9.17) is 14.2 Å². The molecule has 4 rings (SSSR count). The monoisotopic (exact) mass is 394 g/mol. The molecule has 0 radical (unpaired) electrons. The Bertz CT molecular complexity index is 917. The number of benzene rings is 2. The number of hydrogen-bond acceptors (Lipinski definition) is 5. The van der Waals surface area contributed by atoms with Gasteiger partial charge in [-0.1, -0.05) is 0 Å². The van der Waals surface area contributed by atoms with Gasteiger partial charge in [0.1, 0.15) is 5.75 Å². The minimum absolute atomic E-state index is 0.208. The largest absolute Gasteiger partial charge is 0.490 e. The average Bonchev–Trinajstić information content (AvgIpc) is 3.38. The van der Waals surface area contributed by atoms with Gasteiger partial charge in [-0.15, -0.1) is 0 Å². The van der Waals surface area contributed by atoms with Crippen LogP contribution in [0, 0.1) is 0 Å². The molecule has 2 aliphatic rings. The lowest BCUT2D eigenvalue weighted by atomic mass is 10.1. The third kappa shape index (κ3) is 4.65. The van der Waals surface area contributed by atoms with E-state index in [1.54, 1.807) is 24.3 Å². The zero-order chi connectivity index (χ0) is 20.2. The van der Waals surface area contributed by atoms with E-state index in [1.807, 2.05) is 37.2 Å². The van der Waals surface area contributed by atoms with Crippen molar-refractivity contribution in [2.75, 3.05) is 31.1 Å². The number of rotatable bonds is 6. The van der Waals surface area contributed by atoms with Crippen LogP contribution in [0.15, 0.2) is 42.5 Å². The summed E-state index contributed by atoms with van der Waals surface area (Å²) in [7, 11) is 4.01. The molecule has 1 aliphatic heterocycles. The second kappa shape index (κ2) is 8.47. The lowest BCUT2D eigenvalue weighted by Gasteiger charge is -2.19. The standard InChI is InChI=1S/C23H26N2O4/c1-25(2)18-10-7-16(21(14-18)29-19-5-3-4-6-19)8-12-23(26)24-17-9-11-20-22(13-17)28-15-27-20/h7-14,19H,3-6,15H2,1-2H3,(H,24,26)/b12-8+. The van der Waals surface area contributed by atoms with Gasteiger partial charge in [-0.05, 0) is 56.0 Å². The van der Waals surface area contributed by atoms with Crippen LogP contribution < -0.4 is 24.4 Å². The van der Waals surface area contributed by atoms with Gasteiger partial charge in [-0.3, -0.25) is 4.79 Å². The van der Waals surface area contributed by atoms with Gasteiger partial charge in [-0.2, -0.15) is 0 Å². The molecule has 1 saturated carbocycles. The Kier molecular flexibility index (Phi) is 5.60. The number of hydrogen-bond donors (Lipinski definition) is 1. The summed E-state index contributed by atoms with van der Waals surface area (Å²) in [4.78, 5) is 14.4. The van der Waals surface area contributed by atoms with E-state index in [-0.39, 0.29) is 18.8 Å². The molecule has 6 heteroatoms. The van der Waals surface area contributed by atoms with E-state index in [2.05, 4.69) is 5.32 Å².